The average molecular weight is 343 g/mol. The van der Waals surface area contributed by atoms with Gasteiger partial charge in [-0.15, -0.1) is 0 Å². The molecule has 0 unspecified atom stereocenters. The third-order valence-corrected chi connectivity index (χ3v) is 3.79. The second-order valence-electron chi connectivity index (χ2n) is 5.12. The van der Waals surface area contributed by atoms with Crippen LogP contribution in [-0.4, -0.2) is 25.7 Å². The van der Waals surface area contributed by atoms with Crippen LogP contribution in [0.25, 0.3) is 17.1 Å². The molecule has 0 aliphatic carbocycles. The Hall–Kier alpha value is -2.93. The number of amides is 1. The molecule has 0 bridgehead atoms. The van der Waals surface area contributed by atoms with E-state index in [1.54, 1.807) is 22.9 Å². The summed E-state index contributed by atoms with van der Waals surface area (Å²) in [4.78, 5) is 19.7. The normalized spacial score (nSPS) is 10.8. The number of carbonyl (C=O) groups is 1. The standard InChI is InChI=1S/C16H15ClN6O/c1-2-9-3-4-10(17)7-13(9)23-14(8-12(22-23)15(18)24)11-5-6-20-16(19)21-11/h3-8H,2H2,1H3,(H2,18,24)(H2,19,20,21). The summed E-state index contributed by atoms with van der Waals surface area (Å²) in [7, 11) is 0. The number of benzene rings is 1. The number of nitrogens with zero attached hydrogens (tertiary/aromatic N) is 4. The highest BCUT2D eigenvalue weighted by Crippen LogP contribution is 2.27. The predicted octanol–water partition coefficient (Wildman–Crippen LogP) is 2.23. The van der Waals surface area contributed by atoms with Gasteiger partial charge in [-0.1, -0.05) is 24.6 Å². The van der Waals surface area contributed by atoms with Crippen molar-refractivity contribution in [2.24, 2.45) is 5.73 Å². The summed E-state index contributed by atoms with van der Waals surface area (Å²) in [6.07, 6.45) is 2.31. The highest BCUT2D eigenvalue weighted by molar-refractivity contribution is 6.30. The van der Waals surface area contributed by atoms with Crippen molar-refractivity contribution >= 4 is 23.5 Å². The van der Waals surface area contributed by atoms with Crippen molar-refractivity contribution in [1.82, 2.24) is 19.7 Å². The van der Waals surface area contributed by atoms with E-state index in [-0.39, 0.29) is 11.6 Å². The van der Waals surface area contributed by atoms with Crippen molar-refractivity contribution in [2.75, 3.05) is 5.73 Å². The number of rotatable bonds is 4. The lowest BCUT2D eigenvalue weighted by atomic mass is 10.1. The lowest BCUT2D eigenvalue weighted by Gasteiger charge is -2.12. The molecule has 0 saturated heterocycles. The number of nitrogens with two attached hydrogens (primary N) is 2. The number of carbonyl (C=O) groups excluding carboxylic acids is 1. The largest absolute Gasteiger partial charge is 0.368 e. The topological polar surface area (TPSA) is 113 Å². The number of aromatic nitrogens is 4. The van der Waals surface area contributed by atoms with Gasteiger partial charge in [0.25, 0.3) is 5.91 Å². The van der Waals surface area contributed by atoms with Crippen molar-refractivity contribution in [3.63, 3.8) is 0 Å². The maximum absolute atomic E-state index is 11.6. The van der Waals surface area contributed by atoms with Crippen LogP contribution in [0.15, 0.2) is 36.5 Å². The van der Waals surface area contributed by atoms with E-state index in [1.807, 2.05) is 19.1 Å². The van der Waals surface area contributed by atoms with E-state index in [4.69, 9.17) is 23.1 Å². The summed E-state index contributed by atoms with van der Waals surface area (Å²) in [6, 6.07) is 8.77. The predicted molar refractivity (Wildman–Crippen MR) is 91.9 cm³/mol. The Morgan fingerprint density at radius 3 is 2.75 bits per heavy atom. The SMILES string of the molecule is CCc1ccc(Cl)cc1-n1nc(C(N)=O)cc1-c1ccnc(N)n1. The Kier molecular flexibility index (Phi) is 4.18. The van der Waals surface area contributed by atoms with Gasteiger partial charge in [0.05, 0.1) is 17.1 Å². The molecule has 24 heavy (non-hydrogen) atoms. The molecule has 0 fully saturated rings. The Morgan fingerprint density at radius 2 is 2.08 bits per heavy atom. The van der Waals surface area contributed by atoms with Crippen LogP contribution < -0.4 is 11.5 Å². The van der Waals surface area contributed by atoms with Gasteiger partial charge in [0.2, 0.25) is 5.95 Å². The van der Waals surface area contributed by atoms with Crippen LogP contribution >= 0.6 is 11.6 Å². The molecule has 0 radical (unpaired) electrons. The zero-order valence-electron chi connectivity index (χ0n) is 12.9. The third kappa shape index (κ3) is 2.93. The molecule has 1 amide bonds. The van der Waals surface area contributed by atoms with Gasteiger partial charge in [-0.3, -0.25) is 4.79 Å². The summed E-state index contributed by atoms with van der Waals surface area (Å²) >= 11 is 6.14. The Bertz CT molecular complexity index is 921. The van der Waals surface area contributed by atoms with E-state index < -0.39 is 5.91 Å². The van der Waals surface area contributed by atoms with E-state index in [0.717, 1.165) is 17.7 Å². The van der Waals surface area contributed by atoms with Crippen LogP contribution in [0.1, 0.15) is 23.0 Å². The first-order valence-electron chi connectivity index (χ1n) is 7.27. The minimum absolute atomic E-state index is 0.127. The molecule has 0 aliphatic heterocycles. The van der Waals surface area contributed by atoms with E-state index >= 15 is 0 Å². The molecule has 8 heteroatoms. The number of hydrogen-bond acceptors (Lipinski definition) is 5. The number of hydrogen-bond donors (Lipinski definition) is 2. The van der Waals surface area contributed by atoms with Gasteiger partial charge in [0, 0.05) is 11.2 Å². The number of aryl methyl sites for hydroxylation is 1. The fourth-order valence-corrected chi connectivity index (χ4v) is 2.58. The van der Waals surface area contributed by atoms with E-state index in [2.05, 4.69) is 15.1 Å². The van der Waals surface area contributed by atoms with Crippen molar-refractivity contribution < 1.29 is 4.79 Å². The molecule has 0 spiro atoms. The molecule has 3 aromatic rings. The fraction of sp³-hybridized carbons (Fsp3) is 0.125. The molecule has 1 aromatic carbocycles. The first-order valence-corrected chi connectivity index (χ1v) is 7.65. The number of nitrogen functional groups attached to an aromatic ring is 1. The quantitative estimate of drug-likeness (QED) is 0.754. The van der Waals surface area contributed by atoms with Gasteiger partial charge in [0.1, 0.15) is 0 Å². The first kappa shape index (κ1) is 15.9. The number of primary amides is 1. The van der Waals surface area contributed by atoms with Crippen LogP contribution in [0, 0.1) is 0 Å². The molecule has 122 valence electrons. The maximum atomic E-state index is 11.6. The van der Waals surface area contributed by atoms with Crippen LogP contribution in [0.3, 0.4) is 0 Å². The van der Waals surface area contributed by atoms with Crippen LogP contribution in [-0.2, 0) is 6.42 Å². The van der Waals surface area contributed by atoms with E-state index in [1.165, 1.54) is 6.20 Å². The molecule has 0 aliphatic rings. The van der Waals surface area contributed by atoms with Crippen molar-refractivity contribution in [1.29, 1.82) is 0 Å². The number of halogens is 1. The van der Waals surface area contributed by atoms with Crippen molar-refractivity contribution in [3.8, 4) is 17.1 Å². The summed E-state index contributed by atoms with van der Waals surface area (Å²) in [5.74, 6) is -0.500. The molecule has 0 saturated carbocycles. The van der Waals surface area contributed by atoms with Crippen molar-refractivity contribution in [3.05, 3.63) is 52.8 Å². The lowest BCUT2D eigenvalue weighted by Crippen LogP contribution is -2.12. The lowest BCUT2D eigenvalue weighted by molar-refractivity contribution is 0.0995. The molecule has 0 atom stereocenters. The summed E-state index contributed by atoms with van der Waals surface area (Å²) in [6.45, 7) is 2.02. The van der Waals surface area contributed by atoms with E-state index in [0.29, 0.717) is 16.4 Å². The van der Waals surface area contributed by atoms with Gasteiger partial charge < -0.3 is 11.5 Å². The highest BCUT2D eigenvalue weighted by atomic mass is 35.5. The minimum Gasteiger partial charge on any atom is -0.368 e. The van der Waals surface area contributed by atoms with Crippen LogP contribution in [0.5, 0.6) is 0 Å². The summed E-state index contributed by atoms with van der Waals surface area (Å²) in [5.41, 5.74) is 14.1. The molecular formula is C16H15ClN6O. The van der Waals surface area contributed by atoms with E-state index in [9.17, 15) is 4.79 Å². The molecule has 2 aromatic heterocycles. The van der Waals surface area contributed by atoms with Gasteiger partial charge in [-0.25, -0.2) is 14.6 Å². The molecular weight excluding hydrogens is 328 g/mol. The third-order valence-electron chi connectivity index (χ3n) is 3.55. The van der Waals surface area contributed by atoms with Gasteiger partial charge in [-0.2, -0.15) is 5.10 Å². The average Bonchev–Trinajstić information content (AvgIpc) is 3.00. The summed E-state index contributed by atoms with van der Waals surface area (Å²) < 4.78 is 1.60. The Morgan fingerprint density at radius 1 is 1.29 bits per heavy atom. The zero-order chi connectivity index (χ0) is 17.3. The molecule has 4 N–H and O–H groups in total. The Balaban J connectivity index is 2.28. The fourth-order valence-electron chi connectivity index (χ4n) is 2.42. The second kappa shape index (κ2) is 6.29. The second-order valence-corrected chi connectivity index (χ2v) is 5.55. The first-order chi connectivity index (χ1) is 11.5. The van der Waals surface area contributed by atoms with Gasteiger partial charge in [0.15, 0.2) is 5.69 Å². The van der Waals surface area contributed by atoms with Gasteiger partial charge in [-0.05, 0) is 36.2 Å². The molecule has 2 heterocycles. The molecule has 3 rings (SSSR count). The smallest absolute Gasteiger partial charge is 0.269 e. The Labute approximate surface area is 143 Å². The summed E-state index contributed by atoms with van der Waals surface area (Å²) in [5, 5.41) is 4.88. The van der Waals surface area contributed by atoms with Crippen LogP contribution in [0.2, 0.25) is 5.02 Å². The maximum Gasteiger partial charge on any atom is 0.269 e. The van der Waals surface area contributed by atoms with Crippen molar-refractivity contribution in [2.45, 2.75) is 13.3 Å². The highest BCUT2D eigenvalue weighted by Gasteiger charge is 2.18. The number of anilines is 1. The zero-order valence-corrected chi connectivity index (χ0v) is 13.7. The van der Waals surface area contributed by atoms with Gasteiger partial charge >= 0.3 is 0 Å². The molecule has 7 nitrogen and oxygen atoms in total. The monoisotopic (exact) mass is 342 g/mol. The minimum atomic E-state index is -0.628. The van der Waals surface area contributed by atoms with Crippen LogP contribution in [0.4, 0.5) is 5.95 Å².